The van der Waals surface area contributed by atoms with Crippen LogP contribution in [0.5, 0.6) is 0 Å². The first-order valence-corrected chi connectivity index (χ1v) is 5.56. The maximum Gasteiger partial charge on any atom is 0.181 e. The number of imidazole rings is 1. The average molecular weight is 228 g/mol. The zero-order chi connectivity index (χ0) is 9.97. The van der Waals surface area contributed by atoms with Gasteiger partial charge in [-0.1, -0.05) is 11.3 Å². The molecule has 0 saturated heterocycles. The van der Waals surface area contributed by atoms with Crippen molar-refractivity contribution in [3.63, 3.8) is 0 Å². The molecule has 74 valence electrons. The van der Waals surface area contributed by atoms with Crippen LogP contribution >= 0.6 is 23.1 Å². The normalized spacial score (nSPS) is 10.7. The fraction of sp³-hybridized carbons (Fsp3) is 0.286. The van der Waals surface area contributed by atoms with E-state index in [9.17, 15) is 0 Å². The van der Waals surface area contributed by atoms with Crippen molar-refractivity contribution in [3.05, 3.63) is 17.4 Å². The van der Waals surface area contributed by atoms with Gasteiger partial charge >= 0.3 is 0 Å². The van der Waals surface area contributed by atoms with Gasteiger partial charge in [0.15, 0.2) is 9.50 Å². The van der Waals surface area contributed by atoms with Crippen LogP contribution in [-0.4, -0.2) is 24.9 Å². The lowest BCUT2D eigenvalue weighted by atomic mass is 10.5. The highest BCUT2D eigenvalue weighted by molar-refractivity contribution is 8.00. The van der Waals surface area contributed by atoms with Gasteiger partial charge in [-0.05, 0) is 11.8 Å². The van der Waals surface area contributed by atoms with Gasteiger partial charge in [-0.15, -0.1) is 10.2 Å². The molecule has 5 nitrogen and oxygen atoms in total. The Labute approximate surface area is 88.8 Å². The molecule has 0 aliphatic carbocycles. The average Bonchev–Trinajstić information content (AvgIpc) is 2.79. The third-order valence-electron chi connectivity index (χ3n) is 1.72. The molecule has 14 heavy (non-hydrogen) atoms. The Morgan fingerprint density at radius 1 is 1.64 bits per heavy atom. The highest BCUT2D eigenvalue weighted by Crippen LogP contribution is 2.27. The molecule has 0 fully saturated rings. The number of aliphatic hydroxyl groups excluding tert-OH is 1. The molecule has 0 saturated carbocycles. The van der Waals surface area contributed by atoms with Crippen LogP contribution in [0.1, 0.15) is 5.69 Å². The Morgan fingerprint density at radius 2 is 2.50 bits per heavy atom. The highest BCUT2D eigenvalue weighted by atomic mass is 32.2. The minimum Gasteiger partial charge on any atom is -0.390 e. The van der Waals surface area contributed by atoms with Crippen LogP contribution in [0.25, 0.3) is 0 Å². The SMILES string of the molecule is Cn1c(CO)cnc1Sc1nncs1. The fourth-order valence-electron chi connectivity index (χ4n) is 0.953. The number of nitrogens with zero attached hydrogens (tertiary/aromatic N) is 4. The number of hydrogen-bond acceptors (Lipinski definition) is 6. The molecule has 7 heteroatoms. The predicted octanol–water partition coefficient (Wildman–Crippen LogP) is 0.915. The summed E-state index contributed by atoms with van der Waals surface area (Å²) in [6, 6.07) is 0. The van der Waals surface area contributed by atoms with Gasteiger partial charge in [0.1, 0.15) is 5.51 Å². The lowest BCUT2D eigenvalue weighted by molar-refractivity contribution is 0.271. The van der Waals surface area contributed by atoms with Crippen LogP contribution in [0, 0.1) is 0 Å². The largest absolute Gasteiger partial charge is 0.390 e. The van der Waals surface area contributed by atoms with Crippen LogP contribution in [0.3, 0.4) is 0 Å². The fourth-order valence-corrected chi connectivity index (χ4v) is 2.38. The maximum absolute atomic E-state index is 8.96. The monoisotopic (exact) mass is 228 g/mol. The molecular formula is C7H8N4OS2. The van der Waals surface area contributed by atoms with Gasteiger partial charge < -0.3 is 9.67 Å². The molecule has 0 bridgehead atoms. The predicted molar refractivity (Wildman–Crippen MR) is 53.2 cm³/mol. The van der Waals surface area contributed by atoms with Crippen molar-refractivity contribution in [1.29, 1.82) is 0 Å². The van der Waals surface area contributed by atoms with E-state index in [1.165, 1.54) is 23.1 Å². The molecule has 1 N–H and O–H groups in total. The van der Waals surface area contributed by atoms with Gasteiger partial charge in [-0.3, -0.25) is 0 Å². The summed E-state index contributed by atoms with van der Waals surface area (Å²) < 4.78 is 2.69. The first kappa shape index (κ1) is 9.63. The summed E-state index contributed by atoms with van der Waals surface area (Å²) in [5, 5.41) is 17.4. The van der Waals surface area contributed by atoms with Crippen molar-refractivity contribution in [2.24, 2.45) is 7.05 Å². The quantitative estimate of drug-likeness (QED) is 0.846. The van der Waals surface area contributed by atoms with E-state index in [0.717, 1.165) is 15.2 Å². The Balaban J connectivity index is 2.21. The molecule has 0 aromatic carbocycles. The smallest absolute Gasteiger partial charge is 0.181 e. The van der Waals surface area contributed by atoms with Crippen LogP contribution < -0.4 is 0 Å². The van der Waals surface area contributed by atoms with Crippen LogP contribution in [0.15, 0.2) is 21.2 Å². The van der Waals surface area contributed by atoms with Crippen molar-refractivity contribution < 1.29 is 5.11 Å². The standard InChI is InChI=1S/C7H8N4OS2/c1-11-5(3-12)2-8-6(11)14-7-10-9-4-13-7/h2,4,12H,3H2,1H3. The number of aliphatic hydroxyl groups is 1. The van der Waals surface area contributed by atoms with Gasteiger partial charge in [0.25, 0.3) is 0 Å². The van der Waals surface area contributed by atoms with Crippen LogP contribution in [0.2, 0.25) is 0 Å². The minimum atomic E-state index is 0.000178. The zero-order valence-electron chi connectivity index (χ0n) is 7.41. The summed E-state index contributed by atoms with van der Waals surface area (Å²) in [5.41, 5.74) is 2.47. The lowest BCUT2D eigenvalue weighted by Crippen LogP contribution is -1.96. The van der Waals surface area contributed by atoms with Gasteiger partial charge in [0.2, 0.25) is 0 Å². The number of hydrogen-bond donors (Lipinski definition) is 1. The first-order valence-electron chi connectivity index (χ1n) is 3.86. The summed E-state index contributed by atoms with van der Waals surface area (Å²) in [5.74, 6) is 0. The summed E-state index contributed by atoms with van der Waals surface area (Å²) in [6.45, 7) is 0.000178. The third-order valence-corrected chi connectivity index (χ3v) is 3.56. The Morgan fingerprint density at radius 3 is 3.07 bits per heavy atom. The Bertz CT molecular complexity index is 411. The molecule has 0 amide bonds. The molecule has 0 spiro atoms. The summed E-state index contributed by atoms with van der Waals surface area (Å²) >= 11 is 2.91. The highest BCUT2D eigenvalue weighted by Gasteiger charge is 2.08. The number of rotatable bonds is 3. The van der Waals surface area contributed by atoms with Crippen molar-refractivity contribution in [2.45, 2.75) is 16.1 Å². The maximum atomic E-state index is 8.96. The number of aromatic nitrogens is 4. The van der Waals surface area contributed by atoms with E-state index < -0.39 is 0 Å². The molecule has 0 atom stereocenters. The molecule has 2 heterocycles. The molecule has 0 radical (unpaired) electrons. The van der Waals surface area contributed by atoms with Crippen molar-refractivity contribution in [1.82, 2.24) is 19.7 Å². The zero-order valence-corrected chi connectivity index (χ0v) is 9.05. The third kappa shape index (κ3) is 1.79. The molecule has 2 aromatic heterocycles. The van der Waals surface area contributed by atoms with Crippen LogP contribution in [0.4, 0.5) is 0 Å². The second-order valence-electron chi connectivity index (χ2n) is 2.56. The molecule has 0 aliphatic rings. The van der Waals surface area contributed by atoms with Gasteiger partial charge in [0, 0.05) is 7.05 Å². The van der Waals surface area contributed by atoms with Gasteiger partial charge in [-0.25, -0.2) is 4.98 Å². The van der Waals surface area contributed by atoms with Crippen molar-refractivity contribution >= 4 is 23.1 Å². The Hall–Kier alpha value is -0.920. The topological polar surface area (TPSA) is 63.8 Å². The Kier molecular flexibility index (Phi) is 2.80. The van der Waals surface area contributed by atoms with Crippen molar-refractivity contribution in [2.75, 3.05) is 0 Å². The van der Waals surface area contributed by atoms with E-state index in [1.54, 1.807) is 11.7 Å². The molecule has 2 aromatic rings. The minimum absolute atomic E-state index is 0.000178. The van der Waals surface area contributed by atoms with E-state index in [4.69, 9.17) is 5.11 Å². The molecule has 0 unspecified atom stereocenters. The molecule has 2 rings (SSSR count). The summed E-state index contributed by atoms with van der Waals surface area (Å²) in [7, 11) is 1.86. The second-order valence-corrected chi connectivity index (χ2v) is 4.60. The lowest BCUT2D eigenvalue weighted by Gasteiger charge is -2.00. The summed E-state index contributed by atoms with van der Waals surface area (Å²) in [6.07, 6.45) is 1.66. The van der Waals surface area contributed by atoms with Crippen LogP contribution in [-0.2, 0) is 13.7 Å². The van der Waals surface area contributed by atoms with E-state index >= 15 is 0 Å². The van der Waals surface area contributed by atoms with Crippen molar-refractivity contribution in [3.8, 4) is 0 Å². The second kappa shape index (κ2) is 4.07. The van der Waals surface area contributed by atoms with E-state index in [2.05, 4.69) is 15.2 Å². The van der Waals surface area contributed by atoms with E-state index in [-0.39, 0.29) is 6.61 Å². The van der Waals surface area contributed by atoms with Gasteiger partial charge in [-0.2, -0.15) is 0 Å². The molecular weight excluding hydrogens is 220 g/mol. The molecule has 0 aliphatic heterocycles. The van der Waals surface area contributed by atoms with Gasteiger partial charge in [0.05, 0.1) is 18.5 Å². The van der Waals surface area contributed by atoms with E-state index in [0.29, 0.717) is 0 Å². The van der Waals surface area contributed by atoms with E-state index in [1.807, 2.05) is 11.6 Å². The summed E-state index contributed by atoms with van der Waals surface area (Å²) in [4.78, 5) is 4.17. The first-order chi connectivity index (χ1) is 6.81.